The molecule has 2 N–H and O–H groups in total. The van der Waals surface area contributed by atoms with Gasteiger partial charge in [0.2, 0.25) is 0 Å². The lowest BCUT2D eigenvalue weighted by atomic mass is 10.0. The zero-order valence-electron chi connectivity index (χ0n) is 13.1. The van der Waals surface area contributed by atoms with Crippen LogP contribution in [-0.4, -0.2) is 46.7 Å². The van der Waals surface area contributed by atoms with Crippen LogP contribution in [0.15, 0.2) is 6.07 Å². The molecule has 1 atom stereocenters. The monoisotopic (exact) mass is 290 g/mol. The van der Waals surface area contributed by atoms with Crippen molar-refractivity contribution >= 4 is 5.91 Å². The third-order valence-corrected chi connectivity index (χ3v) is 4.70. The summed E-state index contributed by atoms with van der Waals surface area (Å²) in [5.74, 6) is 1.10. The fraction of sp³-hybridized carbons (Fsp3) is 0.750. The molecule has 3 rings (SSSR count). The van der Waals surface area contributed by atoms with Crippen LogP contribution in [0.25, 0.3) is 0 Å². The second kappa shape index (κ2) is 6.18. The molecule has 2 aliphatic rings. The van der Waals surface area contributed by atoms with Crippen LogP contribution < -0.4 is 5.32 Å². The number of rotatable bonds is 6. The first-order valence-corrected chi connectivity index (χ1v) is 8.22. The molecule has 1 amide bonds. The predicted octanol–water partition coefficient (Wildman–Crippen LogP) is 2.14. The topological polar surface area (TPSA) is 61.0 Å². The summed E-state index contributed by atoms with van der Waals surface area (Å²) in [6.07, 6.45) is 4.99. The molecule has 2 fully saturated rings. The van der Waals surface area contributed by atoms with Gasteiger partial charge in [-0.3, -0.25) is 14.8 Å². The summed E-state index contributed by atoms with van der Waals surface area (Å²) in [6.45, 7) is 7.49. The van der Waals surface area contributed by atoms with E-state index in [1.54, 1.807) is 0 Å². The molecule has 5 nitrogen and oxygen atoms in total. The van der Waals surface area contributed by atoms with E-state index in [1.165, 1.54) is 25.7 Å². The van der Waals surface area contributed by atoms with Crippen LogP contribution in [-0.2, 0) is 0 Å². The van der Waals surface area contributed by atoms with E-state index in [1.807, 2.05) is 6.07 Å². The van der Waals surface area contributed by atoms with Crippen LogP contribution >= 0.6 is 0 Å². The van der Waals surface area contributed by atoms with Gasteiger partial charge in [-0.15, -0.1) is 0 Å². The maximum absolute atomic E-state index is 12.2. The van der Waals surface area contributed by atoms with E-state index in [-0.39, 0.29) is 5.91 Å². The first-order chi connectivity index (χ1) is 10.1. The molecule has 1 aromatic rings. The Morgan fingerprint density at radius 3 is 2.76 bits per heavy atom. The fourth-order valence-electron chi connectivity index (χ4n) is 3.20. The van der Waals surface area contributed by atoms with Crippen LogP contribution in [0.1, 0.15) is 61.6 Å². The van der Waals surface area contributed by atoms with Gasteiger partial charge in [0.1, 0.15) is 5.69 Å². The molecule has 1 saturated heterocycles. The van der Waals surface area contributed by atoms with Gasteiger partial charge < -0.3 is 5.32 Å². The Morgan fingerprint density at radius 1 is 1.43 bits per heavy atom. The molecule has 0 bridgehead atoms. The number of aromatic amines is 1. The highest BCUT2D eigenvalue weighted by atomic mass is 16.1. The van der Waals surface area contributed by atoms with E-state index >= 15 is 0 Å². The highest BCUT2D eigenvalue weighted by Crippen LogP contribution is 2.38. The van der Waals surface area contributed by atoms with Gasteiger partial charge >= 0.3 is 0 Å². The van der Waals surface area contributed by atoms with Crippen molar-refractivity contribution in [2.75, 3.05) is 19.6 Å². The minimum absolute atomic E-state index is 0.0528. The first kappa shape index (κ1) is 14.6. The van der Waals surface area contributed by atoms with Crippen molar-refractivity contribution in [2.45, 2.75) is 51.5 Å². The SMILES string of the molecule is CC(C)C(CNC(=O)c1cc(C2CC2)[nH]n1)N1CCCC1. The molecular formula is C16H26N4O. The minimum atomic E-state index is -0.0528. The van der Waals surface area contributed by atoms with Gasteiger partial charge in [-0.25, -0.2) is 0 Å². The number of carbonyl (C=O) groups is 1. The molecule has 0 aromatic carbocycles. The van der Waals surface area contributed by atoms with E-state index < -0.39 is 0 Å². The Balaban J connectivity index is 1.55. The normalized spacial score (nSPS) is 20.9. The van der Waals surface area contributed by atoms with Crippen molar-refractivity contribution in [1.29, 1.82) is 0 Å². The molecule has 5 heteroatoms. The van der Waals surface area contributed by atoms with Gasteiger partial charge in [-0.1, -0.05) is 13.8 Å². The highest BCUT2D eigenvalue weighted by molar-refractivity contribution is 5.92. The molecule has 0 radical (unpaired) electrons. The predicted molar refractivity (Wildman–Crippen MR) is 82.3 cm³/mol. The molecule has 1 saturated carbocycles. The van der Waals surface area contributed by atoms with E-state index in [0.29, 0.717) is 30.1 Å². The molecular weight excluding hydrogens is 264 g/mol. The average Bonchev–Trinajstić information content (AvgIpc) is 2.98. The van der Waals surface area contributed by atoms with Gasteiger partial charge in [-0.2, -0.15) is 5.10 Å². The second-order valence-corrected chi connectivity index (χ2v) is 6.75. The standard InChI is InChI=1S/C16H26N4O/c1-11(2)15(20-7-3-4-8-20)10-17-16(21)14-9-13(18-19-14)12-5-6-12/h9,11-12,15H,3-8,10H2,1-2H3,(H,17,21)(H,18,19). The van der Waals surface area contributed by atoms with Crippen molar-refractivity contribution < 1.29 is 4.79 Å². The second-order valence-electron chi connectivity index (χ2n) is 6.75. The van der Waals surface area contributed by atoms with Crippen LogP contribution in [0.2, 0.25) is 0 Å². The number of nitrogens with one attached hydrogen (secondary N) is 2. The highest BCUT2D eigenvalue weighted by Gasteiger charge is 2.28. The molecule has 1 aliphatic carbocycles. The van der Waals surface area contributed by atoms with Gasteiger partial charge in [0.25, 0.3) is 5.91 Å². The van der Waals surface area contributed by atoms with E-state index in [4.69, 9.17) is 0 Å². The van der Waals surface area contributed by atoms with Gasteiger partial charge in [0.05, 0.1) is 0 Å². The number of carbonyl (C=O) groups excluding carboxylic acids is 1. The molecule has 1 aromatic heterocycles. The quantitative estimate of drug-likeness (QED) is 0.844. The van der Waals surface area contributed by atoms with Gasteiger partial charge in [-0.05, 0) is 50.8 Å². The number of likely N-dealkylation sites (tertiary alicyclic amines) is 1. The maximum Gasteiger partial charge on any atom is 0.271 e. The largest absolute Gasteiger partial charge is 0.349 e. The Bertz CT molecular complexity index is 486. The summed E-state index contributed by atoms with van der Waals surface area (Å²) in [5.41, 5.74) is 1.64. The third kappa shape index (κ3) is 3.46. The summed E-state index contributed by atoms with van der Waals surface area (Å²) in [5, 5.41) is 10.2. The summed E-state index contributed by atoms with van der Waals surface area (Å²) in [6, 6.07) is 2.34. The summed E-state index contributed by atoms with van der Waals surface area (Å²) in [7, 11) is 0. The average molecular weight is 290 g/mol. The van der Waals surface area contributed by atoms with E-state index in [0.717, 1.165) is 18.8 Å². The lowest BCUT2D eigenvalue weighted by Crippen LogP contribution is -2.45. The minimum Gasteiger partial charge on any atom is -0.349 e. The number of hydrogen-bond acceptors (Lipinski definition) is 3. The lowest BCUT2D eigenvalue weighted by molar-refractivity contribution is 0.0922. The molecule has 1 aliphatic heterocycles. The van der Waals surface area contributed by atoms with Crippen LogP contribution in [0, 0.1) is 5.92 Å². The zero-order chi connectivity index (χ0) is 14.8. The smallest absolute Gasteiger partial charge is 0.271 e. The Hall–Kier alpha value is -1.36. The molecule has 2 heterocycles. The first-order valence-electron chi connectivity index (χ1n) is 8.22. The number of nitrogens with zero attached hydrogens (tertiary/aromatic N) is 2. The van der Waals surface area contributed by atoms with Crippen LogP contribution in [0.4, 0.5) is 0 Å². The van der Waals surface area contributed by atoms with E-state index in [2.05, 4.69) is 34.3 Å². The summed E-state index contributed by atoms with van der Waals surface area (Å²) < 4.78 is 0. The van der Waals surface area contributed by atoms with Crippen molar-refractivity contribution in [3.8, 4) is 0 Å². The Morgan fingerprint density at radius 2 is 2.14 bits per heavy atom. The zero-order valence-corrected chi connectivity index (χ0v) is 13.1. The number of amides is 1. The van der Waals surface area contributed by atoms with Crippen LogP contribution in [0.3, 0.4) is 0 Å². The fourth-order valence-corrected chi connectivity index (χ4v) is 3.20. The van der Waals surface area contributed by atoms with Gasteiger partial charge in [0, 0.05) is 24.2 Å². The number of H-pyrrole nitrogens is 1. The van der Waals surface area contributed by atoms with Crippen molar-refractivity contribution in [3.63, 3.8) is 0 Å². The number of aromatic nitrogens is 2. The maximum atomic E-state index is 12.2. The summed E-state index contributed by atoms with van der Waals surface area (Å²) in [4.78, 5) is 14.7. The van der Waals surface area contributed by atoms with Crippen molar-refractivity contribution in [3.05, 3.63) is 17.5 Å². The number of hydrogen-bond donors (Lipinski definition) is 2. The van der Waals surface area contributed by atoms with Crippen molar-refractivity contribution in [1.82, 2.24) is 20.4 Å². The molecule has 21 heavy (non-hydrogen) atoms. The van der Waals surface area contributed by atoms with Crippen molar-refractivity contribution in [2.24, 2.45) is 5.92 Å². The molecule has 1 unspecified atom stereocenters. The molecule has 0 spiro atoms. The lowest BCUT2D eigenvalue weighted by Gasteiger charge is -2.30. The Labute approximate surface area is 126 Å². The van der Waals surface area contributed by atoms with Gasteiger partial charge in [0.15, 0.2) is 0 Å². The Kier molecular flexibility index (Phi) is 4.29. The van der Waals surface area contributed by atoms with Crippen LogP contribution in [0.5, 0.6) is 0 Å². The summed E-state index contributed by atoms with van der Waals surface area (Å²) >= 11 is 0. The van der Waals surface area contributed by atoms with E-state index in [9.17, 15) is 4.79 Å². The third-order valence-electron chi connectivity index (χ3n) is 4.70. The molecule has 116 valence electrons.